The van der Waals surface area contributed by atoms with Gasteiger partial charge in [0.15, 0.2) is 17.6 Å². The van der Waals surface area contributed by atoms with E-state index >= 15 is 0 Å². The molecule has 0 fully saturated rings. The number of fused-ring (bicyclic) bond motifs is 1. The summed E-state index contributed by atoms with van der Waals surface area (Å²) >= 11 is 0. The summed E-state index contributed by atoms with van der Waals surface area (Å²) in [6.07, 6.45) is 0.105. The van der Waals surface area contributed by atoms with Crippen molar-refractivity contribution in [3.05, 3.63) is 35.4 Å². The second-order valence-corrected chi connectivity index (χ2v) is 6.49. The first-order valence-corrected chi connectivity index (χ1v) is 8.23. The highest BCUT2D eigenvalue weighted by molar-refractivity contribution is 6.11. The van der Waals surface area contributed by atoms with Gasteiger partial charge in [0.25, 0.3) is 5.91 Å². The Kier molecular flexibility index (Phi) is 5.29. The van der Waals surface area contributed by atoms with Crippen LogP contribution >= 0.6 is 0 Å². The Balaban J connectivity index is 2.59. The van der Waals surface area contributed by atoms with Crippen molar-refractivity contribution in [1.82, 2.24) is 4.90 Å². The van der Waals surface area contributed by atoms with Gasteiger partial charge < -0.3 is 15.6 Å². The van der Waals surface area contributed by atoms with E-state index in [1.165, 1.54) is 0 Å². The zero-order chi connectivity index (χ0) is 18.9. The van der Waals surface area contributed by atoms with E-state index in [2.05, 4.69) is 0 Å². The fourth-order valence-electron chi connectivity index (χ4n) is 3.11. The van der Waals surface area contributed by atoms with Gasteiger partial charge in [-0.1, -0.05) is 39.0 Å². The van der Waals surface area contributed by atoms with E-state index in [4.69, 9.17) is 10.5 Å². The molecule has 1 unspecified atom stereocenters. The van der Waals surface area contributed by atoms with Crippen LogP contribution in [0.2, 0.25) is 0 Å². The number of Topliss-reactive ketones (excluding diaryl/α,β-unsaturated/α-hetero) is 1. The van der Waals surface area contributed by atoms with Crippen LogP contribution in [0.15, 0.2) is 24.3 Å². The number of hydrogen-bond acceptors (Lipinski definition) is 6. The van der Waals surface area contributed by atoms with Crippen molar-refractivity contribution in [2.75, 3.05) is 7.11 Å². The number of carbonyl (C=O) groups is 3. The lowest BCUT2D eigenvalue weighted by atomic mass is 9.93. The van der Waals surface area contributed by atoms with Crippen LogP contribution in [0.1, 0.15) is 43.1 Å². The summed E-state index contributed by atoms with van der Waals surface area (Å²) in [6, 6.07) is 3.93. The van der Waals surface area contributed by atoms with E-state index in [1.807, 2.05) is 0 Å². The van der Waals surface area contributed by atoms with Crippen molar-refractivity contribution in [2.24, 2.45) is 11.7 Å². The SMILES string of the molecule is CCC1(O)c2ccccc2C(=O)N1[C@H](C(=O)OC)C(=O)[C@@H](N)C(C)C. The lowest BCUT2D eigenvalue weighted by Gasteiger charge is -2.38. The average molecular weight is 348 g/mol. The lowest BCUT2D eigenvalue weighted by molar-refractivity contribution is -0.165. The molecule has 0 spiro atoms. The Hall–Kier alpha value is -2.25. The van der Waals surface area contributed by atoms with Crippen LogP contribution in [0.25, 0.3) is 0 Å². The van der Waals surface area contributed by atoms with Crippen molar-refractivity contribution >= 4 is 17.7 Å². The number of esters is 1. The normalized spacial score (nSPS) is 21.9. The van der Waals surface area contributed by atoms with Crippen molar-refractivity contribution in [1.29, 1.82) is 0 Å². The molecule has 7 heteroatoms. The molecule has 1 aromatic rings. The Morgan fingerprint density at radius 2 is 1.92 bits per heavy atom. The number of hydrogen-bond donors (Lipinski definition) is 2. The molecule has 1 amide bonds. The van der Waals surface area contributed by atoms with Crippen LogP contribution in [-0.2, 0) is 20.1 Å². The maximum absolute atomic E-state index is 12.9. The number of aliphatic hydroxyl groups is 1. The number of methoxy groups -OCH3 is 1. The second kappa shape index (κ2) is 6.93. The minimum absolute atomic E-state index is 0.105. The summed E-state index contributed by atoms with van der Waals surface area (Å²) < 4.78 is 4.74. The molecule has 25 heavy (non-hydrogen) atoms. The van der Waals surface area contributed by atoms with Crippen LogP contribution in [0.3, 0.4) is 0 Å². The fourth-order valence-corrected chi connectivity index (χ4v) is 3.11. The summed E-state index contributed by atoms with van der Waals surface area (Å²) in [7, 11) is 1.13. The molecular weight excluding hydrogens is 324 g/mol. The number of rotatable bonds is 6. The van der Waals surface area contributed by atoms with E-state index in [0.29, 0.717) is 5.56 Å². The first kappa shape index (κ1) is 19.1. The van der Waals surface area contributed by atoms with Crippen LogP contribution in [0, 0.1) is 5.92 Å². The molecule has 1 aliphatic rings. The third-order valence-corrected chi connectivity index (χ3v) is 4.70. The highest BCUT2D eigenvalue weighted by Gasteiger charge is 2.55. The van der Waals surface area contributed by atoms with Crippen molar-refractivity contribution < 1.29 is 24.2 Å². The summed E-state index contributed by atoms with van der Waals surface area (Å²) in [4.78, 5) is 39.0. The Morgan fingerprint density at radius 1 is 1.32 bits per heavy atom. The Bertz CT molecular complexity index is 702. The smallest absolute Gasteiger partial charge is 0.336 e. The van der Waals surface area contributed by atoms with E-state index in [1.54, 1.807) is 45.0 Å². The van der Waals surface area contributed by atoms with Gasteiger partial charge in [-0.05, 0) is 18.4 Å². The number of nitrogens with two attached hydrogens (primary N) is 1. The van der Waals surface area contributed by atoms with Crippen LogP contribution in [0.4, 0.5) is 0 Å². The quantitative estimate of drug-likeness (QED) is 0.581. The van der Waals surface area contributed by atoms with Gasteiger partial charge in [-0.25, -0.2) is 4.79 Å². The predicted octanol–water partition coefficient (Wildman–Crippen LogP) is 0.791. The number of nitrogens with zero attached hydrogens (tertiary/aromatic N) is 1. The first-order chi connectivity index (χ1) is 11.7. The van der Waals surface area contributed by atoms with Gasteiger partial charge in [-0.2, -0.15) is 0 Å². The standard InChI is InChI=1S/C18H24N2O5/c1-5-18(24)12-9-7-6-8-11(12)16(22)20(18)14(17(23)25-4)15(21)13(19)10(2)3/h6-10,13-14,24H,5,19H2,1-4H3/t13-,14-,18?/m0/s1. The van der Waals surface area contributed by atoms with Gasteiger partial charge in [-0.15, -0.1) is 0 Å². The highest BCUT2D eigenvalue weighted by Crippen LogP contribution is 2.41. The molecule has 0 aromatic heterocycles. The number of carbonyl (C=O) groups excluding carboxylic acids is 3. The zero-order valence-corrected chi connectivity index (χ0v) is 14.9. The molecule has 0 bridgehead atoms. The molecule has 1 heterocycles. The number of ether oxygens (including phenoxy) is 1. The van der Waals surface area contributed by atoms with Crippen molar-refractivity contribution in [3.8, 4) is 0 Å². The third kappa shape index (κ3) is 2.94. The number of benzene rings is 1. The molecule has 136 valence electrons. The highest BCUT2D eigenvalue weighted by atomic mass is 16.5. The molecule has 1 aromatic carbocycles. The average Bonchev–Trinajstić information content (AvgIpc) is 2.83. The van der Waals surface area contributed by atoms with Crippen molar-refractivity contribution in [3.63, 3.8) is 0 Å². The molecule has 0 saturated heterocycles. The molecular formula is C18H24N2O5. The molecule has 0 saturated carbocycles. The third-order valence-electron chi connectivity index (χ3n) is 4.70. The minimum atomic E-state index is -1.78. The molecule has 3 N–H and O–H groups in total. The molecule has 0 radical (unpaired) electrons. The van der Waals surface area contributed by atoms with Crippen molar-refractivity contribution in [2.45, 2.75) is 45.0 Å². The molecule has 0 aliphatic carbocycles. The van der Waals surface area contributed by atoms with Gasteiger partial charge in [-0.3, -0.25) is 14.5 Å². The molecule has 7 nitrogen and oxygen atoms in total. The molecule has 1 aliphatic heterocycles. The van der Waals surface area contributed by atoms with Gasteiger partial charge >= 0.3 is 5.97 Å². The second-order valence-electron chi connectivity index (χ2n) is 6.49. The minimum Gasteiger partial charge on any atom is -0.467 e. The van der Waals surface area contributed by atoms with Crippen LogP contribution < -0.4 is 5.73 Å². The first-order valence-electron chi connectivity index (χ1n) is 8.23. The van der Waals surface area contributed by atoms with Crippen LogP contribution in [0.5, 0.6) is 0 Å². The van der Waals surface area contributed by atoms with Gasteiger partial charge in [0.05, 0.1) is 13.2 Å². The molecule has 3 atom stereocenters. The maximum Gasteiger partial charge on any atom is 0.336 e. The zero-order valence-electron chi connectivity index (χ0n) is 14.9. The van der Waals surface area contributed by atoms with Gasteiger partial charge in [0.2, 0.25) is 0 Å². The van der Waals surface area contributed by atoms with E-state index in [-0.39, 0.29) is 17.9 Å². The van der Waals surface area contributed by atoms with Gasteiger partial charge in [0.1, 0.15) is 0 Å². The monoisotopic (exact) mass is 348 g/mol. The van der Waals surface area contributed by atoms with E-state index < -0.39 is 35.5 Å². The number of ketones is 1. The largest absolute Gasteiger partial charge is 0.467 e. The van der Waals surface area contributed by atoms with E-state index in [9.17, 15) is 19.5 Å². The Morgan fingerprint density at radius 3 is 2.44 bits per heavy atom. The predicted molar refractivity (Wildman–Crippen MR) is 90.4 cm³/mol. The van der Waals surface area contributed by atoms with Gasteiger partial charge in [0, 0.05) is 11.1 Å². The summed E-state index contributed by atoms with van der Waals surface area (Å²) in [6.45, 7) is 5.15. The molecule has 2 rings (SSSR count). The van der Waals surface area contributed by atoms with Crippen LogP contribution in [-0.4, -0.2) is 46.9 Å². The maximum atomic E-state index is 12.9. The van der Waals surface area contributed by atoms with E-state index in [0.717, 1.165) is 12.0 Å². The summed E-state index contributed by atoms with van der Waals surface area (Å²) in [5, 5.41) is 11.2. The topological polar surface area (TPSA) is 110 Å². The number of amides is 1. The lowest BCUT2D eigenvalue weighted by Crippen LogP contribution is -2.60. The fraction of sp³-hybridized carbons (Fsp3) is 0.500. The summed E-state index contributed by atoms with van der Waals surface area (Å²) in [5.74, 6) is -2.42. The summed E-state index contributed by atoms with van der Waals surface area (Å²) in [5.41, 5.74) is 4.77. The Labute approximate surface area is 146 Å².